The van der Waals surface area contributed by atoms with Crippen molar-refractivity contribution in [3.8, 4) is 0 Å². The van der Waals surface area contributed by atoms with Crippen molar-refractivity contribution in [3.63, 3.8) is 0 Å². The zero-order valence-corrected chi connectivity index (χ0v) is 22.6. The summed E-state index contributed by atoms with van der Waals surface area (Å²) in [6.45, 7) is 4.05. The molecule has 0 spiro atoms. The van der Waals surface area contributed by atoms with Crippen LogP contribution in [0.1, 0.15) is 78.1 Å². The first-order valence-corrected chi connectivity index (χ1v) is 14.6. The summed E-state index contributed by atoms with van der Waals surface area (Å²) in [6.07, 6.45) is 4.24. The minimum Gasteiger partial charge on any atom is -0.458 e. The average molecular weight is 537 g/mol. The predicted octanol–water partition coefficient (Wildman–Crippen LogP) is 1.57. The average Bonchev–Trinajstić information content (AvgIpc) is 3.41. The van der Waals surface area contributed by atoms with Gasteiger partial charge in [-0.1, -0.05) is 6.92 Å². The Balaban J connectivity index is 1.21. The van der Waals surface area contributed by atoms with E-state index >= 15 is 0 Å². The Morgan fingerprint density at radius 3 is 2.50 bits per heavy atom. The van der Waals surface area contributed by atoms with Crippen LogP contribution in [0.2, 0.25) is 0 Å². The van der Waals surface area contributed by atoms with Crippen LogP contribution in [0.5, 0.6) is 0 Å². The van der Waals surface area contributed by atoms with E-state index in [4.69, 9.17) is 14.2 Å². The number of carbonyl (C=O) groups excluding carboxylic acids is 1. The molecular weight excluding hydrogens is 492 g/mol. The van der Waals surface area contributed by atoms with Crippen LogP contribution in [0.15, 0.2) is 11.6 Å². The van der Waals surface area contributed by atoms with Crippen molar-refractivity contribution in [1.82, 2.24) is 0 Å². The maximum Gasteiger partial charge on any atom is 0.331 e. The van der Waals surface area contributed by atoms with Crippen molar-refractivity contribution in [1.29, 1.82) is 0 Å². The minimum absolute atomic E-state index is 0.0117. The first-order chi connectivity index (χ1) is 18.0. The maximum atomic E-state index is 12.4. The summed E-state index contributed by atoms with van der Waals surface area (Å²) < 4.78 is 17.2. The minimum atomic E-state index is -1.12. The standard InChI is InChI=1S/C29H44O9/c1-16-25(33)22(31)12-24(37-16)38-18-3-8-27(15-30)20-4-7-26(2)19(17-11-23(32)36-14-17)6-10-29(26,35)21(20)5-9-28(27,34)13-18/h11,16,18-22,24-25,30-31,33-35H,3-10,12-15H2,1-2H3/t16-,18+,19+,20-,21-,22+,24+,25-,26-,27+,28+,29+/m1/s1. The normalized spacial score (nSPS) is 54.5. The number of cyclic esters (lactones) is 1. The summed E-state index contributed by atoms with van der Waals surface area (Å²) in [4.78, 5) is 11.8. The van der Waals surface area contributed by atoms with E-state index in [2.05, 4.69) is 6.92 Å². The van der Waals surface area contributed by atoms with Gasteiger partial charge in [0.15, 0.2) is 6.29 Å². The van der Waals surface area contributed by atoms with Gasteiger partial charge in [0.05, 0.1) is 36.1 Å². The molecule has 0 aromatic carbocycles. The number of aliphatic hydroxyl groups excluding tert-OH is 3. The molecule has 0 amide bonds. The molecule has 0 aromatic rings. The number of ether oxygens (including phenoxy) is 3. The number of carbonyl (C=O) groups is 1. The highest BCUT2D eigenvalue weighted by Crippen LogP contribution is 2.70. The Bertz CT molecular complexity index is 973. The Labute approximate surface area is 224 Å². The van der Waals surface area contributed by atoms with E-state index in [1.807, 2.05) is 0 Å². The highest BCUT2D eigenvalue weighted by Gasteiger charge is 2.71. The van der Waals surface area contributed by atoms with E-state index < -0.39 is 41.2 Å². The highest BCUT2D eigenvalue weighted by atomic mass is 16.7. The molecule has 0 bridgehead atoms. The number of aliphatic hydroxyl groups is 5. The zero-order valence-electron chi connectivity index (χ0n) is 22.6. The van der Waals surface area contributed by atoms with Crippen LogP contribution in [0.4, 0.5) is 0 Å². The van der Waals surface area contributed by atoms with Gasteiger partial charge in [-0.15, -0.1) is 0 Å². The van der Waals surface area contributed by atoms with E-state index in [0.717, 1.165) is 24.8 Å². The molecule has 6 aliphatic rings. The fourth-order valence-corrected chi connectivity index (χ4v) is 9.94. The third-order valence-corrected chi connectivity index (χ3v) is 12.1. The third kappa shape index (κ3) is 3.72. The predicted molar refractivity (Wildman–Crippen MR) is 134 cm³/mol. The molecule has 2 aliphatic heterocycles. The molecule has 5 N–H and O–H groups in total. The number of hydrogen-bond acceptors (Lipinski definition) is 9. The van der Waals surface area contributed by atoms with Gasteiger partial charge in [0.2, 0.25) is 0 Å². The van der Waals surface area contributed by atoms with Crippen molar-refractivity contribution < 1.29 is 44.5 Å². The van der Waals surface area contributed by atoms with Crippen LogP contribution in [0.25, 0.3) is 0 Å². The first-order valence-electron chi connectivity index (χ1n) is 14.6. The molecular formula is C29H44O9. The molecule has 4 aliphatic carbocycles. The summed E-state index contributed by atoms with van der Waals surface area (Å²) >= 11 is 0. The first kappa shape index (κ1) is 27.1. The quantitative estimate of drug-likeness (QED) is 0.267. The molecule has 2 heterocycles. The lowest BCUT2D eigenvalue weighted by Gasteiger charge is -2.66. The second-order valence-electron chi connectivity index (χ2n) is 13.5. The Hall–Kier alpha value is -1.07. The molecule has 9 heteroatoms. The molecule has 38 heavy (non-hydrogen) atoms. The molecule has 4 saturated carbocycles. The van der Waals surface area contributed by atoms with Gasteiger partial charge in [0.25, 0.3) is 0 Å². The summed E-state index contributed by atoms with van der Waals surface area (Å²) in [7, 11) is 0. The summed E-state index contributed by atoms with van der Waals surface area (Å²) in [5.41, 5.74) is -2.15. The largest absolute Gasteiger partial charge is 0.458 e. The van der Waals surface area contributed by atoms with Gasteiger partial charge in [0, 0.05) is 29.7 Å². The van der Waals surface area contributed by atoms with E-state index in [-0.39, 0.29) is 48.3 Å². The number of fused-ring (bicyclic) bond motifs is 5. The summed E-state index contributed by atoms with van der Waals surface area (Å²) in [5, 5.41) is 55.6. The molecule has 6 rings (SSSR count). The Morgan fingerprint density at radius 1 is 1.05 bits per heavy atom. The van der Waals surface area contributed by atoms with Crippen LogP contribution < -0.4 is 0 Å². The van der Waals surface area contributed by atoms with Crippen LogP contribution >= 0.6 is 0 Å². The van der Waals surface area contributed by atoms with Crippen LogP contribution in [-0.4, -0.2) is 86.6 Å². The van der Waals surface area contributed by atoms with Crippen molar-refractivity contribution in [2.24, 2.45) is 28.6 Å². The van der Waals surface area contributed by atoms with Crippen LogP contribution in [0.3, 0.4) is 0 Å². The smallest absolute Gasteiger partial charge is 0.331 e. The Kier molecular flexibility index (Phi) is 6.58. The topological polar surface area (TPSA) is 146 Å². The van der Waals surface area contributed by atoms with Gasteiger partial charge < -0.3 is 39.7 Å². The third-order valence-electron chi connectivity index (χ3n) is 12.1. The number of hydrogen-bond donors (Lipinski definition) is 5. The van der Waals surface area contributed by atoms with Crippen molar-refractivity contribution >= 4 is 5.97 Å². The van der Waals surface area contributed by atoms with E-state index in [9.17, 15) is 30.3 Å². The fourth-order valence-electron chi connectivity index (χ4n) is 9.94. The van der Waals surface area contributed by atoms with Crippen LogP contribution in [0, 0.1) is 28.6 Å². The molecule has 0 aromatic heterocycles. The van der Waals surface area contributed by atoms with Gasteiger partial charge >= 0.3 is 5.97 Å². The second kappa shape index (κ2) is 9.23. The molecule has 5 fully saturated rings. The zero-order chi connectivity index (χ0) is 27.1. The maximum absolute atomic E-state index is 12.4. The second-order valence-corrected chi connectivity index (χ2v) is 13.5. The molecule has 12 atom stereocenters. The highest BCUT2D eigenvalue weighted by molar-refractivity contribution is 5.85. The van der Waals surface area contributed by atoms with Crippen molar-refractivity contribution in [2.75, 3.05) is 13.2 Å². The van der Waals surface area contributed by atoms with E-state index in [1.54, 1.807) is 13.0 Å². The lowest BCUT2D eigenvalue weighted by molar-refractivity contribution is -0.297. The van der Waals surface area contributed by atoms with Crippen molar-refractivity contribution in [3.05, 3.63) is 11.6 Å². The van der Waals surface area contributed by atoms with Gasteiger partial charge in [-0.05, 0) is 81.6 Å². The summed E-state index contributed by atoms with van der Waals surface area (Å²) in [6, 6.07) is 0. The summed E-state index contributed by atoms with van der Waals surface area (Å²) in [5.74, 6) is -0.245. The van der Waals surface area contributed by atoms with Gasteiger partial charge in [0.1, 0.15) is 12.7 Å². The van der Waals surface area contributed by atoms with Crippen LogP contribution in [-0.2, 0) is 19.0 Å². The fraction of sp³-hybridized carbons (Fsp3) is 0.897. The molecule has 214 valence electrons. The lowest BCUT2D eigenvalue weighted by atomic mass is 9.41. The molecule has 0 radical (unpaired) electrons. The molecule has 9 nitrogen and oxygen atoms in total. The van der Waals surface area contributed by atoms with Gasteiger partial charge in [-0.3, -0.25) is 0 Å². The number of rotatable bonds is 4. The SMILES string of the molecule is C[C@H]1O[C@@H](O[C@H]2CC[C@]3(CO)[C@@H]4CC[C@]5(C)[C@H](C6=CC(=O)OC6)CC[C@]5(O)[C@@H]4CC[C@]3(O)C2)C[C@H](O)[C@@H]1O. The van der Waals surface area contributed by atoms with Crippen molar-refractivity contribution in [2.45, 2.75) is 120 Å². The molecule has 1 saturated heterocycles. The Morgan fingerprint density at radius 2 is 1.82 bits per heavy atom. The lowest BCUT2D eigenvalue weighted by Crippen LogP contribution is -2.69. The van der Waals surface area contributed by atoms with Gasteiger partial charge in [-0.25, -0.2) is 4.79 Å². The monoisotopic (exact) mass is 536 g/mol. The van der Waals surface area contributed by atoms with E-state index in [0.29, 0.717) is 45.1 Å². The van der Waals surface area contributed by atoms with Gasteiger partial charge in [-0.2, -0.15) is 0 Å². The molecule has 0 unspecified atom stereocenters. The van der Waals surface area contributed by atoms with E-state index in [1.165, 1.54) is 0 Å². The number of esters is 1.